The largest absolute Gasteiger partial charge is 0.497 e. The van der Waals surface area contributed by atoms with Gasteiger partial charge in [0, 0.05) is 41.2 Å². The fourth-order valence-electron chi connectivity index (χ4n) is 3.69. The van der Waals surface area contributed by atoms with Crippen LogP contribution in [0.15, 0.2) is 53.5 Å². The lowest BCUT2D eigenvalue weighted by atomic mass is 10.0. The lowest BCUT2D eigenvalue weighted by Gasteiger charge is -2.17. The summed E-state index contributed by atoms with van der Waals surface area (Å²) in [5.41, 5.74) is 3.71. The normalized spacial score (nSPS) is 12.7. The SMILES string of the molecule is COc1cc(OC)cc(-n2cc(-c3cccc(F)c3)c(=O)c3c2CCC3)c1. The molecule has 4 nitrogen and oxygen atoms in total. The van der Waals surface area contributed by atoms with E-state index in [4.69, 9.17) is 9.47 Å². The van der Waals surface area contributed by atoms with Gasteiger partial charge in [0.15, 0.2) is 5.43 Å². The van der Waals surface area contributed by atoms with E-state index in [-0.39, 0.29) is 11.2 Å². The van der Waals surface area contributed by atoms with Crippen LogP contribution in [-0.2, 0) is 12.8 Å². The molecule has 5 heteroatoms. The van der Waals surface area contributed by atoms with E-state index in [0.29, 0.717) is 22.6 Å². The minimum atomic E-state index is -0.359. The highest BCUT2D eigenvalue weighted by Crippen LogP contribution is 2.30. The van der Waals surface area contributed by atoms with Gasteiger partial charge in [-0.3, -0.25) is 4.79 Å². The van der Waals surface area contributed by atoms with Crippen LogP contribution in [-0.4, -0.2) is 18.8 Å². The molecule has 1 heterocycles. The summed E-state index contributed by atoms with van der Waals surface area (Å²) in [4.78, 5) is 13.0. The molecule has 0 saturated heterocycles. The number of hydrogen-bond donors (Lipinski definition) is 0. The van der Waals surface area contributed by atoms with Gasteiger partial charge in [-0.15, -0.1) is 0 Å². The number of aromatic nitrogens is 1. The molecule has 27 heavy (non-hydrogen) atoms. The molecule has 0 saturated carbocycles. The van der Waals surface area contributed by atoms with Crippen molar-refractivity contribution in [2.24, 2.45) is 0 Å². The first-order valence-electron chi connectivity index (χ1n) is 8.87. The summed E-state index contributed by atoms with van der Waals surface area (Å²) < 4.78 is 26.5. The Labute approximate surface area is 156 Å². The first-order chi connectivity index (χ1) is 13.1. The second-order valence-electron chi connectivity index (χ2n) is 6.60. The van der Waals surface area contributed by atoms with E-state index in [1.54, 1.807) is 38.6 Å². The first kappa shape index (κ1) is 17.3. The monoisotopic (exact) mass is 365 g/mol. The van der Waals surface area contributed by atoms with Crippen molar-refractivity contribution in [2.75, 3.05) is 14.2 Å². The molecule has 138 valence electrons. The minimum absolute atomic E-state index is 0.0146. The number of benzene rings is 2. The molecule has 0 N–H and O–H groups in total. The van der Waals surface area contributed by atoms with Gasteiger partial charge in [-0.2, -0.15) is 0 Å². The van der Waals surface area contributed by atoms with Crippen molar-refractivity contribution < 1.29 is 13.9 Å². The summed E-state index contributed by atoms with van der Waals surface area (Å²) in [7, 11) is 3.21. The lowest BCUT2D eigenvalue weighted by Crippen LogP contribution is -2.17. The van der Waals surface area contributed by atoms with Crippen LogP contribution >= 0.6 is 0 Å². The highest BCUT2D eigenvalue weighted by atomic mass is 19.1. The third-order valence-electron chi connectivity index (χ3n) is 5.01. The zero-order chi connectivity index (χ0) is 19.0. The van der Waals surface area contributed by atoms with Gasteiger partial charge >= 0.3 is 0 Å². The zero-order valence-corrected chi connectivity index (χ0v) is 15.3. The molecule has 1 aliphatic rings. The Morgan fingerprint density at radius 1 is 1.00 bits per heavy atom. The standard InChI is InChI=1S/C22H20FNO3/c1-26-17-10-16(11-18(12-17)27-2)24-13-20(14-5-3-6-15(23)9-14)22(25)19-7-4-8-21(19)24/h3,5-6,9-13H,4,7-8H2,1-2H3. The number of hydrogen-bond acceptors (Lipinski definition) is 3. The predicted octanol–water partition coefficient (Wildman–Crippen LogP) is 4.15. The summed E-state index contributed by atoms with van der Waals surface area (Å²) in [5.74, 6) is 0.978. The van der Waals surface area contributed by atoms with Gasteiger partial charge in [-0.1, -0.05) is 12.1 Å². The Kier molecular flexibility index (Phi) is 4.44. The van der Waals surface area contributed by atoms with Crippen LogP contribution in [0.2, 0.25) is 0 Å². The number of rotatable bonds is 4. The third kappa shape index (κ3) is 3.10. The molecule has 0 bridgehead atoms. The Morgan fingerprint density at radius 3 is 2.41 bits per heavy atom. The van der Waals surface area contributed by atoms with Gasteiger partial charge in [0.25, 0.3) is 0 Å². The van der Waals surface area contributed by atoms with Crippen LogP contribution in [0.25, 0.3) is 16.8 Å². The summed E-state index contributed by atoms with van der Waals surface area (Å²) in [6.45, 7) is 0. The van der Waals surface area contributed by atoms with Crippen molar-refractivity contribution in [3.05, 3.63) is 76.0 Å². The molecule has 0 radical (unpaired) electrons. The number of nitrogens with zero attached hydrogens (tertiary/aromatic N) is 1. The van der Waals surface area contributed by atoms with Gasteiger partial charge < -0.3 is 14.0 Å². The quantitative estimate of drug-likeness (QED) is 0.697. The van der Waals surface area contributed by atoms with E-state index in [9.17, 15) is 9.18 Å². The molecule has 0 atom stereocenters. The van der Waals surface area contributed by atoms with Crippen LogP contribution in [0.3, 0.4) is 0 Å². The number of fused-ring (bicyclic) bond motifs is 1. The zero-order valence-electron chi connectivity index (χ0n) is 15.3. The number of ether oxygens (including phenoxy) is 2. The summed E-state index contributed by atoms with van der Waals surface area (Å²) in [5, 5.41) is 0. The predicted molar refractivity (Wildman–Crippen MR) is 103 cm³/mol. The van der Waals surface area contributed by atoms with Gasteiger partial charge in [0.1, 0.15) is 17.3 Å². The number of pyridine rings is 1. The maximum atomic E-state index is 13.7. The molecule has 1 aliphatic carbocycles. The second kappa shape index (κ2) is 6.91. The Balaban J connectivity index is 1.98. The molecule has 3 aromatic rings. The van der Waals surface area contributed by atoms with Crippen LogP contribution in [0.1, 0.15) is 17.7 Å². The molecule has 1 aromatic heterocycles. The Bertz CT molecular complexity index is 1050. The van der Waals surface area contributed by atoms with Crippen molar-refractivity contribution in [1.29, 1.82) is 0 Å². The molecule has 0 fully saturated rings. The van der Waals surface area contributed by atoms with E-state index in [1.165, 1.54) is 12.1 Å². The van der Waals surface area contributed by atoms with Gasteiger partial charge in [-0.05, 0) is 37.0 Å². The van der Waals surface area contributed by atoms with Crippen LogP contribution < -0.4 is 14.9 Å². The molecular weight excluding hydrogens is 345 g/mol. The van der Waals surface area contributed by atoms with Crippen LogP contribution in [0.4, 0.5) is 4.39 Å². The van der Waals surface area contributed by atoms with Crippen molar-refractivity contribution >= 4 is 0 Å². The molecule has 0 spiro atoms. The second-order valence-corrected chi connectivity index (χ2v) is 6.60. The molecule has 0 amide bonds. The first-order valence-corrected chi connectivity index (χ1v) is 8.87. The average molecular weight is 365 g/mol. The molecule has 4 rings (SSSR count). The topological polar surface area (TPSA) is 40.5 Å². The smallest absolute Gasteiger partial charge is 0.192 e. The van der Waals surface area contributed by atoms with E-state index >= 15 is 0 Å². The van der Waals surface area contributed by atoms with Gasteiger partial charge in [-0.25, -0.2) is 4.39 Å². The number of methoxy groups -OCH3 is 2. The van der Waals surface area contributed by atoms with Crippen molar-refractivity contribution in [2.45, 2.75) is 19.3 Å². The molecule has 0 aliphatic heterocycles. The van der Waals surface area contributed by atoms with Crippen molar-refractivity contribution in [1.82, 2.24) is 4.57 Å². The van der Waals surface area contributed by atoms with Crippen LogP contribution in [0, 0.1) is 5.82 Å². The maximum absolute atomic E-state index is 13.7. The fourth-order valence-corrected chi connectivity index (χ4v) is 3.69. The van der Waals surface area contributed by atoms with Gasteiger partial charge in [0.05, 0.1) is 19.9 Å². The highest BCUT2D eigenvalue weighted by Gasteiger charge is 2.22. The maximum Gasteiger partial charge on any atom is 0.192 e. The fraction of sp³-hybridized carbons (Fsp3) is 0.227. The van der Waals surface area contributed by atoms with E-state index < -0.39 is 0 Å². The third-order valence-corrected chi connectivity index (χ3v) is 5.01. The molecule has 0 unspecified atom stereocenters. The average Bonchev–Trinajstić information content (AvgIpc) is 3.18. The van der Waals surface area contributed by atoms with Gasteiger partial charge in [0.2, 0.25) is 0 Å². The summed E-state index contributed by atoms with van der Waals surface area (Å²) in [6, 6.07) is 11.8. The Hall–Kier alpha value is -3.08. The minimum Gasteiger partial charge on any atom is -0.497 e. The summed E-state index contributed by atoms with van der Waals surface area (Å²) >= 11 is 0. The summed E-state index contributed by atoms with van der Waals surface area (Å²) in [6.07, 6.45) is 4.29. The highest BCUT2D eigenvalue weighted by molar-refractivity contribution is 5.65. The lowest BCUT2D eigenvalue weighted by molar-refractivity contribution is 0.394. The van der Waals surface area contributed by atoms with E-state index in [0.717, 1.165) is 36.2 Å². The van der Waals surface area contributed by atoms with Crippen molar-refractivity contribution in [3.63, 3.8) is 0 Å². The van der Waals surface area contributed by atoms with Crippen LogP contribution in [0.5, 0.6) is 11.5 Å². The molecule has 2 aromatic carbocycles. The number of halogens is 1. The van der Waals surface area contributed by atoms with Crippen molar-refractivity contribution in [3.8, 4) is 28.3 Å². The van der Waals surface area contributed by atoms with E-state index in [2.05, 4.69) is 0 Å². The molecular formula is C22H20FNO3. The Morgan fingerprint density at radius 2 is 1.74 bits per heavy atom. The van der Waals surface area contributed by atoms with E-state index in [1.807, 2.05) is 16.7 Å².